The van der Waals surface area contributed by atoms with Crippen molar-refractivity contribution < 1.29 is 4.39 Å². The predicted molar refractivity (Wildman–Crippen MR) is 58.8 cm³/mol. The van der Waals surface area contributed by atoms with Crippen LogP contribution in [0.2, 0.25) is 0 Å². The molecular weight excluding hydrogens is 179 g/mol. The summed E-state index contributed by atoms with van der Waals surface area (Å²) in [6, 6.07) is 4.51. The SMILES string of the molecule is CCC(C)CNc1cc(N)cc(F)c1. The molecule has 14 heavy (non-hydrogen) atoms. The fourth-order valence-electron chi connectivity index (χ4n) is 1.15. The van der Waals surface area contributed by atoms with Gasteiger partial charge in [-0.1, -0.05) is 20.3 Å². The second-order valence-electron chi connectivity index (χ2n) is 3.67. The van der Waals surface area contributed by atoms with E-state index in [-0.39, 0.29) is 5.82 Å². The number of hydrogen-bond acceptors (Lipinski definition) is 2. The van der Waals surface area contributed by atoms with Crippen molar-refractivity contribution in [2.75, 3.05) is 17.6 Å². The third kappa shape index (κ3) is 3.24. The van der Waals surface area contributed by atoms with Crippen molar-refractivity contribution in [2.45, 2.75) is 20.3 Å². The van der Waals surface area contributed by atoms with Gasteiger partial charge in [-0.2, -0.15) is 0 Å². The quantitative estimate of drug-likeness (QED) is 0.727. The van der Waals surface area contributed by atoms with Crippen LogP contribution in [0.5, 0.6) is 0 Å². The molecule has 3 heteroatoms. The van der Waals surface area contributed by atoms with Gasteiger partial charge in [0.05, 0.1) is 0 Å². The minimum absolute atomic E-state index is 0.295. The van der Waals surface area contributed by atoms with E-state index in [4.69, 9.17) is 5.73 Å². The van der Waals surface area contributed by atoms with Gasteiger partial charge in [-0.25, -0.2) is 4.39 Å². The highest BCUT2D eigenvalue weighted by atomic mass is 19.1. The summed E-state index contributed by atoms with van der Waals surface area (Å²) in [6.45, 7) is 5.13. The minimum Gasteiger partial charge on any atom is -0.399 e. The number of benzene rings is 1. The molecule has 0 aliphatic heterocycles. The highest BCUT2D eigenvalue weighted by Crippen LogP contribution is 2.16. The molecule has 0 fully saturated rings. The van der Waals surface area contributed by atoms with Crippen molar-refractivity contribution >= 4 is 11.4 Å². The number of rotatable bonds is 4. The van der Waals surface area contributed by atoms with Gasteiger partial charge >= 0.3 is 0 Å². The lowest BCUT2D eigenvalue weighted by atomic mass is 10.1. The topological polar surface area (TPSA) is 38.0 Å². The normalized spacial score (nSPS) is 12.5. The van der Waals surface area contributed by atoms with E-state index in [0.29, 0.717) is 11.6 Å². The standard InChI is InChI=1S/C11H17FN2/c1-3-8(2)7-14-11-5-9(12)4-10(13)6-11/h4-6,8,14H,3,7,13H2,1-2H3. The number of nitrogen functional groups attached to an aromatic ring is 1. The summed E-state index contributed by atoms with van der Waals surface area (Å²) in [7, 11) is 0. The Morgan fingerprint density at radius 2 is 2.14 bits per heavy atom. The van der Waals surface area contributed by atoms with Crippen LogP contribution in [0.15, 0.2) is 18.2 Å². The first-order valence-corrected chi connectivity index (χ1v) is 4.91. The Labute approximate surface area is 84.3 Å². The molecule has 3 N–H and O–H groups in total. The highest BCUT2D eigenvalue weighted by molar-refractivity contribution is 5.54. The van der Waals surface area contributed by atoms with Gasteiger partial charge in [-0.3, -0.25) is 0 Å². The lowest BCUT2D eigenvalue weighted by Crippen LogP contribution is -2.10. The highest BCUT2D eigenvalue weighted by Gasteiger charge is 2.00. The fourth-order valence-corrected chi connectivity index (χ4v) is 1.15. The second-order valence-corrected chi connectivity index (χ2v) is 3.67. The molecule has 1 atom stereocenters. The van der Waals surface area contributed by atoms with Crippen molar-refractivity contribution in [2.24, 2.45) is 5.92 Å². The Hall–Kier alpha value is -1.25. The van der Waals surface area contributed by atoms with Gasteiger partial charge < -0.3 is 11.1 Å². The maximum absolute atomic E-state index is 12.9. The Kier molecular flexibility index (Phi) is 3.74. The van der Waals surface area contributed by atoms with E-state index in [0.717, 1.165) is 18.7 Å². The third-order valence-electron chi connectivity index (χ3n) is 2.27. The second kappa shape index (κ2) is 4.84. The zero-order valence-electron chi connectivity index (χ0n) is 8.68. The zero-order valence-corrected chi connectivity index (χ0v) is 8.68. The van der Waals surface area contributed by atoms with Gasteiger partial charge in [-0.05, 0) is 24.1 Å². The van der Waals surface area contributed by atoms with Gasteiger partial charge in [0.1, 0.15) is 5.82 Å². The van der Waals surface area contributed by atoms with Crippen LogP contribution in [0.3, 0.4) is 0 Å². The smallest absolute Gasteiger partial charge is 0.127 e. The van der Waals surface area contributed by atoms with E-state index in [1.54, 1.807) is 6.07 Å². The molecule has 2 nitrogen and oxygen atoms in total. The van der Waals surface area contributed by atoms with E-state index in [1.807, 2.05) is 0 Å². The molecule has 0 saturated carbocycles. The first kappa shape index (κ1) is 10.8. The van der Waals surface area contributed by atoms with Crippen LogP contribution in [0, 0.1) is 11.7 Å². The average molecular weight is 196 g/mol. The summed E-state index contributed by atoms with van der Waals surface area (Å²) in [5.74, 6) is 0.288. The molecule has 78 valence electrons. The molecule has 0 aromatic heterocycles. The third-order valence-corrected chi connectivity index (χ3v) is 2.27. The average Bonchev–Trinajstić information content (AvgIpc) is 2.12. The molecule has 0 amide bonds. The van der Waals surface area contributed by atoms with E-state index >= 15 is 0 Å². The first-order valence-electron chi connectivity index (χ1n) is 4.91. The van der Waals surface area contributed by atoms with Gasteiger partial charge in [0.2, 0.25) is 0 Å². The molecule has 0 bridgehead atoms. The van der Waals surface area contributed by atoms with Gasteiger partial charge in [-0.15, -0.1) is 0 Å². The molecule has 0 spiro atoms. The predicted octanol–water partition coefficient (Wildman–Crippen LogP) is 2.87. The molecule has 0 radical (unpaired) electrons. The largest absolute Gasteiger partial charge is 0.399 e. The summed E-state index contributed by atoms with van der Waals surface area (Å²) in [5.41, 5.74) is 6.73. The molecule has 1 unspecified atom stereocenters. The number of anilines is 2. The maximum atomic E-state index is 12.9. The molecule has 0 saturated heterocycles. The maximum Gasteiger partial charge on any atom is 0.127 e. The van der Waals surface area contributed by atoms with E-state index in [2.05, 4.69) is 19.2 Å². The minimum atomic E-state index is -0.295. The zero-order chi connectivity index (χ0) is 10.6. The lowest BCUT2D eigenvalue weighted by molar-refractivity contribution is 0.592. The fraction of sp³-hybridized carbons (Fsp3) is 0.455. The Morgan fingerprint density at radius 1 is 1.43 bits per heavy atom. The summed E-state index contributed by atoms with van der Waals surface area (Å²) >= 11 is 0. The number of nitrogens with two attached hydrogens (primary N) is 1. The van der Waals surface area contributed by atoms with E-state index in [1.165, 1.54) is 12.1 Å². The van der Waals surface area contributed by atoms with Crippen LogP contribution >= 0.6 is 0 Å². The molecule has 0 aliphatic rings. The van der Waals surface area contributed by atoms with E-state index < -0.39 is 0 Å². The Morgan fingerprint density at radius 3 is 2.71 bits per heavy atom. The molecule has 1 aromatic rings. The molecule has 1 rings (SSSR count). The summed E-state index contributed by atoms with van der Waals surface area (Å²) in [6.07, 6.45) is 1.11. The van der Waals surface area contributed by atoms with Gasteiger partial charge in [0.15, 0.2) is 0 Å². The van der Waals surface area contributed by atoms with Crippen molar-refractivity contribution in [3.05, 3.63) is 24.0 Å². The lowest BCUT2D eigenvalue weighted by Gasteiger charge is -2.11. The van der Waals surface area contributed by atoms with Crippen LogP contribution in [-0.2, 0) is 0 Å². The molecule has 0 aliphatic carbocycles. The Balaban J connectivity index is 2.58. The van der Waals surface area contributed by atoms with Crippen molar-refractivity contribution in [3.63, 3.8) is 0 Å². The number of nitrogens with one attached hydrogen (secondary N) is 1. The van der Waals surface area contributed by atoms with Crippen molar-refractivity contribution in [1.82, 2.24) is 0 Å². The van der Waals surface area contributed by atoms with Crippen LogP contribution < -0.4 is 11.1 Å². The van der Waals surface area contributed by atoms with E-state index in [9.17, 15) is 4.39 Å². The van der Waals surface area contributed by atoms with Crippen molar-refractivity contribution in [1.29, 1.82) is 0 Å². The van der Waals surface area contributed by atoms with Gasteiger partial charge in [0, 0.05) is 17.9 Å². The molecule has 0 heterocycles. The van der Waals surface area contributed by atoms with Gasteiger partial charge in [0.25, 0.3) is 0 Å². The number of halogens is 1. The number of hydrogen-bond donors (Lipinski definition) is 2. The summed E-state index contributed by atoms with van der Waals surface area (Å²) in [5, 5.41) is 3.16. The summed E-state index contributed by atoms with van der Waals surface area (Å²) in [4.78, 5) is 0. The van der Waals surface area contributed by atoms with Crippen LogP contribution in [-0.4, -0.2) is 6.54 Å². The van der Waals surface area contributed by atoms with Crippen LogP contribution in [0.4, 0.5) is 15.8 Å². The first-order chi connectivity index (χ1) is 6.61. The summed E-state index contributed by atoms with van der Waals surface area (Å²) < 4.78 is 12.9. The van der Waals surface area contributed by atoms with Crippen LogP contribution in [0.25, 0.3) is 0 Å². The monoisotopic (exact) mass is 196 g/mol. The Bertz CT molecular complexity index is 279. The molecule has 1 aromatic carbocycles. The molecular formula is C11H17FN2. The van der Waals surface area contributed by atoms with Crippen molar-refractivity contribution in [3.8, 4) is 0 Å². The van der Waals surface area contributed by atoms with Crippen LogP contribution in [0.1, 0.15) is 20.3 Å².